The average molecular weight is 486 g/mol. The minimum absolute atomic E-state index is 0.0125. The third kappa shape index (κ3) is 4.56. The number of anilines is 1. The van der Waals surface area contributed by atoms with Crippen LogP contribution >= 0.6 is 0 Å². The number of carboxylic acid groups (broad SMARTS) is 1. The predicted molar refractivity (Wildman–Crippen MR) is 123 cm³/mol. The van der Waals surface area contributed by atoms with Gasteiger partial charge in [0.05, 0.1) is 5.56 Å². The quantitative estimate of drug-likeness (QED) is 0.501. The number of benzene rings is 2. The van der Waals surface area contributed by atoms with Gasteiger partial charge in [-0.2, -0.15) is 18.2 Å². The summed E-state index contributed by atoms with van der Waals surface area (Å²) in [5.41, 5.74) is 2.24. The highest BCUT2D eigenvalue weighted by atomic mass is 19.4. The van der Waals surface area contributed by atoms with Crippen LogP contribution in [0.5, 0.6) is 0 Å². The maximum atomic E-state index is 14.0. The van der Waals surface area contributed by atoms with E-state index in [0.29, 0.717) is 31.6 Å². The van der Waals surface area contributed by atoms with Crippen LogP contribution in [0, 0.1) is 0 Å². The molecule has 1 atom stereocenters. The smallest absolute Gasteiger partial charge is 0.418 e. The van der Waals surface area contributed by atoms with Gasteiger partial charge in [-0.15, -0.1) is 0 Å². The van der Waals surface area contributed by atoms with Gasteiger partial charge in [0.15, 0.2) is 0 Å². The maximum absolute atomic E-state index is 14.0. The highest BCUT2D eigenvalue weighted by molar-refractivity contribution is 5.68. The van der Waals surface area contributed by atoms with Crippen molar-refractivity contribution >= 4 is 11.8 Å². The zero-order valence-electron chi connectivity index (χ0n) is 19.2. The number of amides is 1. The Morgan fingerprint density at radius 2 is 1.89 bits per heavy atom. The normalized spacial score (nSPS) is 18.5. The van der Waals surface area contributed by atoms with Gasteiger partial charge in [0, 0.05) is 42.5 Å². The predicted octanol–water partition coefficient (Wildman–Crippen LogP) is 5.84. The second-order valence-electron chi connectivity index (χ2n) is 9.13. The Morgan fingerprint density at radius 1 is 1.09 bits per heavy atom. The summed E-state index contributed by atoms with van der Waals surface area (Å²) in [4.78, 5) is 18.8. The van der Waals surface area contributed by atoms with Crippen molar-refractivity contribution in [2.45, 2.75) is 51.4 Å². The highest BCUT2D eigenvalue weighted by Gasteiger charge is 2.37. The van der Waals surface area contributed by atoms with E-state index < -0.39 is 17.8 Å². The van der Waals surface area contributed by atoms with Crippen molar-refractivity contribution < 1.29 is 27.6 Å². The molecule has 2 aliphatic rings. The molecule has 1 saturated heterocycles. The van der Waals surface area contributed by atoms with E-state index in [4.69, 9.17) is 4.52 Å². The third-order valence-corrected chi connectivity index (χ3v) is 6.83. The summed E-state index contributed by atoms with van der Waals surface area (Å²) >= 11 is 0. The van der Waals surface area contributed by atoms with Crippen LogP contribution in [-0.2, 0) is 19.1 Å². The van der Waals surface area contributed by atoms with Gasteiger partial charge in [-0.25, -0.2) is 4.79 Å². The van der Waals surface area contributed by atoms with Crippen LogP contribution in [0.25, 0.3) is 22.8 Å². The van der Waals surface area contributed by atoms with Crippen molar-refractivity contribution in [2.24, 2.45) is 0 Å². The van der Waals surface area contributed by atoms with Gasteiger partial charge in [0.25, 0.3) is 5.89 Å². The molecule has 0 bridgehead atoms. The molecule has 1 N–H and O–H groups in total. The van der Waals surface area contributed by atoms with Gasteiger partial charge in [-0.1, -0.05) is 17.3 Å². The summed E-state index contributed by atoms with van der Waals surface area (Å²) in [7, 11) is 0. The second-order valence-corrected chi connectivity index (χ2v) is 9.13. The largest absolute Gasteiger partial charge is 0.465 e. The van der Waals surface area contributed by atoms with Crippen LogP contribution < -0.4 is 4.90 Å². The standard InChI is InChI=1S/C25H25F3N4O3/c1-15-4-2-3-10-32(15)21-8-7-18(13-20(21)25(26,27)28)23-29-22(30-35-23)17-5-6-19-14-31(24(33)34)11-9-16(19)12-17/h5-8,12-13,15H,2-4,9-11,14H2,1H3,(H,33,34). The number of rotatable bonds is 3. The van der Waals surface area contributed by atoms with Crippen LogP contribution in [0.4, 0.5) is 23.7 Å². The van der Waals surface area contributed by atoms with Crippen molar-refractivity contribution in [3.63, 3.8) is 0 Å². The lowest BCUT2D eigenvalue weighted by atomic mass is 9.97. The van der Waals surface area contributed by atoms with Crippen molar-refractivity contribution in [1.29, 1.82) is 0 Å². The van der Waals surface area contributed by atoms with E-state index in [9.17, 15) is 23.1 Å². The third-order valence-electron chi connectivity index (χ3n) is 6.83. The van der Waals surface area contributed by atoms with Crippen LogP contribution in [0.2, 0.25) is 0 Å². The minimum Gasteiger partial charge on any atom is -0.465 e. The van der Waals surface area contributed by atoms with E-state index in [-0.39, 0.29) is 29.0 Å². The van der Waals surface area contributed by atoms with Gasteiger partial charge < -0.3 is 19.4 Å². The Labute approximate surface area is 200 Å². The van der Waals surface area contributed by atoms with E-state index in [2.05, 4.69) is 10.1 Å². The number of halogens is 3. The number of hydrogen-bond donors (Lipinski definition) is 1. The summed E-state index contributed by atoms with van der Waals surface area (Å²) in [5, 5.41) is 13.2. The molecule has 3 aromatic rings. The molecule has 5 rings (SSSR count). The number of aromatic nitrogens is 2. The monoisotopic (exact) mass is 486 g/mol. The lowest BCUT2D eigenvalue weighted by Crippen LogP contribution is -2.38. The average Bonchev–Trinajstić information content (AvgIpc) is 3.33. The molecule has 0 saturated carbocycles. The van der Waals surface area contributed by atoms with Crippen molar-refractivity contribution in [3.8, 4) is 22.8 Å². The molecule has 1 unspecified atom stereocenters. The Morgan fingerprint density at radius 3 is 2.63 bits per heavy atom. The molecule has 0 radical (unpaired) electrons. The molecule has 0 aliphatic carbocycles. The van der Waals surface area contributed by atoms with Crippen molar-refractivity contribution in [3.05, 3.63) is 53.1 Å². The Hall–Kier alpha value is -3.56. The SMILES string of the molecule is CC1CCCCN1c1ccc(-c2nc(-c3ccc4c(c3)CCN(C(=O)O)C4)no2)cc1C(F)(F)F. The summed E-state index contributed by atoms with van der Waals surface area (Å²) in [6.45, 7) is 3.25. The summed E-state index contributed by atoms with van der Waals surface area (Å²) < 4.78 is 47.3. The van der Waals surface area contributed by atoms with Gasteiger partial charge in [-0.3, -0.25) is 0 Å². The van der Waals surface area contributed by atoms with Gasteiger partial charge in [0.1, 0.15) is 0 Å². The molecule has 1 aromatic heterocycles. The second kappa shape index (κ2) is 8.90. The summed E-state index contributed by atoms with van der Waals surface area (Å²) in [6, 6.07) is 9.68. The first-order valence-electron chi connectivity index (χ1n) is 11.6. The molecule has 184 valence electrons. The first kappa shape index (κ1) is 23.2. The number of alkyl halides is 3. The van der Waals surface area contributed by atoms with Crippen molar-refractivity contribution in [2.75, 3.05) is 18.0 Å². The molecule has 35 heavy (non-hydrogen) atoms. The molecule has 2 aromatic carbocycles. The molecular weight excluding hydrogens is 461 g/mol. The number of fused-ring (bicyclic) bond motifs is 1. The highest BCUT2D eigenvalue weighted by Crippen LogP contribution is 2.41. The lowest BCUT2D eigenvalue weighted by Gasteiger charge is -2.37. The van der Waals surface area contributed by atoms with E-state index >= 15 is 0 Å². The molecule has 3 heterocycles. The first-order chi connectivity index (χ1) is 16.7. The first-order valence-corrected chi connectivity index (χ1v) is 11.6. The van der Waals surface area contributed by atoms with Crippen molar-refractivity contribution in [1.82, 2.24) is 15.0 Å². The van der Waals surface area contributed by atoms with Crippen LogP contribution in [0.3, 0.4) is 0 Å². The Kier molecular flexibility index (Phi) is 5.90. The van der Waals surface area contributed by atoms with E-state index in [1.54, 1.807) is 12.1 Å². The summed E-state index contributed by atoms with van der Waals surface area (Å²) in [6.07, 6.45) is -2.17. The van der Waals surface area contributed by atoms with E-state index in [1.165, 1.54) is 11.0 Å². The summed E-state index contributed by atoms with van der Waals surface area (Å²) in [5.74, 6) is 0.282. The maximum Gasteiger partial charge on any atom is 0.418 e. The van der Waals surface area contributed by atoms with E-state index in [0.717, 1.165) is 36.5 Å². The molecule has 10 heteroatoms. The molecule has 1 amide bonds. The fraction of sp³-hybridized carbons (Fsp3) is 0.400. The zero-order valence-corrected chi connectivity index (χ0v) is 19.2. The topological polar surface area (TPSA) is 82.7 Å². The van der Waals surface area contributed by atoms with E-state index in [1.807, 2.05) is 24.0 Å². The molecule has 1 fully saturated rings. The fourth-order valence-electron chi connectivity index (χ4n) is 4.92. The van der Waals surface area contributed by atoms with Gasteiger partial charge in [0.2, 0.25) is 5.82 Å². The minimum atomic E-state index is -4.52. The number of hydrogen-bond acceptors (Lipinski definition) is 5. The fourth-order valence-corrected chi connectivity index (χ4v) is 4.92. The zero-order chi connectivity index (χ0) is 24.7. The molecule has 7 nitrogen and oxygen atoms in total. The van der Waals surface area contributed by atoms with Crippen LogP contribution in [-0.4, -0.2) is 45.4 Å². The number of piperidine rings is 1. The van der Waals surface area contributed by atoms with Gasteiger partial charge in [-0.05, 0) is 68.0 Å². The van der Waals surface area contributed by atoms with Crippen LogP contribution in [0.15, 0.2) is 40.9 Å². The Bertz CT molecular complexity index is 1260. The lowest BCUT2D eigenvalue weighted by molar-refractivity contribution is -0.137. The Balaban J connectivity index is 1.44. The molecule has 2 aliphatic heterocycles. The molecule has 0 spiro atoms. The number of carbonyl (C=O) groups is 1. The van der Waals surface area contributed by atoms with Gasteiger partial charge >= 0.3 is 12.3 Å². The molecular formula is C25H25F3N4O3. The number of nitrogens with zero attached hydrogens (tertiary/aromatic N) is 4. The van der Waals surface area contributed by atoms with Crippen LogP contribution in [0.1, 0.15) is 42.9 Å².